The van der Waals surface area contributed by atoms with Gasteiger partial charge in [-0.25, -0.2) is 4.57 Å². The SMILES string of the molecule is Cc1cccc(C)c1OP(=O)(O)Oc1ccc(C(C)(C)c2ccc(O)cc2)cc1. The number of phenols is 1. The van der Waals surface area contributed by atoms with Gasteiger partial charge in [0, 0.05) is 5.41 Å². The van der Waals surface area contributed by atoms with Crippen LogP contribution in [0.4, 0.5) is 0 Å². The summed E-state index contributed by atoms with van der Waals surface area (Å²) in [6.07, 6.45) is 0. The number of benzene rings is 3. The molecule has 3 aromatic carbocycles. The van der Waals surface area contributed by atoms with E-state index in [0.29, 0.717) is 5.75 Å². The second-order valence-corrected chi connectivity index (χ2v) is 8.87. The van der Waals surface area contributed by atoms with E-state index in [-0.39, 0.29) is 16.9 Å². The Labute approximate surface area is 171 Å². The molecule has 0 heterocycles. The third kappa shape index (κ3) is 4.81. The average molecular weight is 412 g/mol. The molecule has 2 N–H and O–H groups in total. The normalized spacial score (nSPS) is 13.6. The van der Waals surface area contributed by atoms with Gasteiger partial charge in [-0.15, -0.1) is 0 Å². The second kappa shape index (κ2) is 7.94. The lowest BCUT2D eigenvalue weighted by Gasteiger charge is -2.26. The third-order valence-electron chi connectivity index (χ3n) is 5.00. The largest absolute Gasteiger partial charge is 0.584 e. The minimum atomic E-state index is -4.34. The van der Waals surface area contributed by atoms with Crippen LogP contribution in [0.25, 0.3) is 0 Å². The molecule has 0 spiro atoms. The van der Waals surface area contributed by atoms with Gasteiger partial charge in [0.15, 0.2) is 0 Å². The van der Waals surface area contributed by atoms with E-state index in [4.69, 9.17) is 9.05 Å². The molecule has 3 rings (SSSR count). The van der Waals surface area contributed by atoms with Gasteiger partial charge in [0.05, 0.1) is 0 Å². The number of rotatable bonds is 6. The summed E-state index contributed by atoms with van der Waals surface area (Å²) in [5.41, 5.74) is 3.24. The standard InChI is InChI=1S/C23H25O5P/c1-16-6-5-7-17(2)22(16)28-29(25,26)27-21-14-10-19(11-15-21)23(3,4)18-8-12-20(24)13-9-18/h5-15,24H,1-4H3,(H,25,26). The van der Waals surface area contributed by atoms with Crippen molar-refractivity contribution in [2.24, 2.45) is 0 Å². The van der Waals surface area contributed by atoms with Crippen molar-refractivity contribution in [3.05, 3.63) is 89.0 Å². The lowest BCUT2D eigenvalue weighted by molar-refractivity contribution is 0.289. The molecule has 0 fully saturated rings. The van der Waals surface area contributed by atoms with Crippen LogP contribution >= 0.6 is 7.82 Å². The first-order chi connectivity index (χ1) is 13.6. The van der Waals surface area contributed by atoms with Crippen LogP contribution in [0.5, 0.6) is 17.2 Å². The Hall–Kier alpha value is -2.75. The second-order valence-electron chi connectivity index (χ2n) is 7.57. The molecule has 29 heavy (non-hydrogen) atoms. The van der Waals surface area contributed by atoms with Crippen molar-refractivity contribution < 1.29 is 23.6 Å². The first-order valence-corrected chi connectivity index (χ1v) is 10.8. The summed E-state index contributed by atoms with van der Waals surface area (Å²) in [7, 11) is -4.34. The van der Waals surface area contributed by atoms with Crippen LogP contribution in [0, 0.1) is 13.8 Å². The van der Waals surface area contributed by atoms with Crippen LogP contribution in [0.3, 0.4) is 0 Å². The van der Waals surface area contributed by atoms with Gasteiger partial charge in [0.1, 0.15) is 17.2 Å². The molecule has 0 saturated heterocycles. The smallest absolute Gasteiger partial charge is 0.508 e. The summed E-state index contributed by atoms with van der Waals surface area (Å²) in [5, 5.41) is 9.50. The fourth-order valence-electron chi connectivity index (χ4n) is 3.19. The van der Waals surface area contributed by atoms with Gasteiger partial charge in [-0.1, -0.05) is 56.3 Å². The Morgan fingerprint density at radius 1 is 0.793 bits per heavy atom. The molecule has 0 radical (unpaired) electrons. The van der Waals surface area contributed by atoms with E-state index in [9.17, 15) is 14.6 Å². The molecule has 3 aromatic rings. The number of aromatic hydroxyl groups is 1. The number of phosphoric ester groups is 1. The zero-order chi connectivity index (χ0) is 21.2. The van der Waals surface area contributed by atoms with E-state index >= 15 is 0 Å². The van der Waals surface area contributed by atoms with Crippen LogP contribution in [0.1, 0.15) is 36.1 Å². The molecule has 1 atom stereocenters. The third-order valence-corrected chi connectivity index (χ3v) is 5.86. The fraction of sp³-hybridized carbons (Fsp3) is 0.217. The number of phosphoric acid groups is 1. The van der Waals surface area contributed by atoms with Crippen LogP contribution in [0.15, 0.2) is 66.7 Å². The molecule has 0 amide bonds. The van der Waals surface area contributed by atoms with Crippen LogP contribution in [-0.4, -0.2) is 10.00 Å². The predicted octanol–water partition coefficient (Wildman–Crippen LogP) is 5.89. The van der Waals surface area contributed by atoms with Crippen molar-refractivity contribution in [2.45, 2.75) is 33.1 Å². The number of phenolic OH excluding ortho intramolecular Hbond substituents is 1. The highest BCUT2D eigenvalue weighted by Crippen LogP contribution is 2.46. The topological polar surface area (TPSA) is 76.0 Å². The van der Waals surface area contributed by atoms with Gasteiger partial charge in [-0.05, 0) is 60.4 Å². The van der Waals surface area contributed by atoms with E-state index in [2.05, 4.69) is 13.8 Å². The van der Waals surface area contributed by atoms with Crippen LogP contribution in [0.2, 0.25) is 0 Å². The van der Waals surface area contributed by atoms with Gasteiger partial charge in [-0.3, -0.25) is 4.89 Å². The maximum atomic E-state index is 12.5. The van der Waals surface area contributed by atoms with E-state index in [1.165, 1.54) is 0 Å². The molecule has 0 saturated carbocycles. The maximum absolute atomic E-state index is 12.5. The molecule has 6 heteroatoms. The predicted molar refractivity (Wildman–Crippen MR) is 114 cm³/mol. The molecule has 0 aliphatic carbocycles. The first-order valence-electron chi connectivity index (χ1n) is 9.27. The summed E-state index contributed by atoms with van der Waals surface area (Å²) in [6, 6.07) is 19.5. The monoisotopic (exact) mass is 412 g/mol. The van der Waals surface area contributed by atoms with Gasteiger partial charge in [-0.2, -0.15) is 0 Å². The van der Waals surface area contributed by atoms with E-state index in [0.717, 1.165) is 22.3 Å². The van der Waals surface area contributed by atoms with Crippen molar-refractivity contribution in [3.8, 4) is 17.2 Å². The minimum absolute atomic E-state index is 0.218. The van der Waals surface area contributed by atoms with E-state index in [1.807, 2.05) is 56.3 Å². The molecular formula is C23H25O5P. The van der Waals surface area contributed by atoms with Gasteiger partial charge >= 0.3 is 7.82 Å². The summed E-state index contributed by atoms with van der Waals surface area (Å²) in [5.74, 6) is 0.812. The van der Waals surface area contributed by atoms with Crippen molar-refractivity contribution in [3.63, 3.8) is 0 Å². The van der Waals surface area contributed by atoms with Crippen molar-refractivity contribution in [2.75, 3.05) is 0 Å². The first kappa shape index (κ1) is 21.0. The average Bonchev–Trinajstić information content (AvgIpc) is 2.65. The Balaban J connectivity index is 1.77. The lowest BCUT2D eigenvalue weighted by Crippen LogP contribution is -2.18. The highest BCUT2D eigenvalue weighted by molar-refractivity contribution is 7.48. The number of hydrogen-bond acceptors (Lipinski definition) is 4. The Bertz CT molecular complexity index is 1020. The number of aryl methyl sites for hydroxylation is 2. The molecular weight excluding hydrogens is 387 g/mol. The lowest BCUT2D eigenvalue weighted by atomic mass is 9.78. The van der Waals surface area contributed by atoms with Crippen LogP contribution < -0.4 is 9.05 Å². The van der Waals surface area contributed by atoms with Gasteiger partial charge in [0.25, 0.3) is 0 Å². The highest BCUT2D eigenvalue weighted by Gasteiger charge is 2.28. The molecule has 0 aliphatic heterocycles. The Morgan fingerprint density at radius 3 is 1.79 bits per heavy atom. The molecule has 0 aromatic heterocycles. The summed E-state index contributed by atoms with van der Waals surface area (Å²) < 4.78 is 23.1. The van der Waals surface area contributed by atoms with Crippen molar-refractivity contribution >= 4 is 7.82 Å². The summed E-state index contributed by atoms with van der Waals surface area (Å²) >= 11 is 0. The Morgan fingerprint density at radius 2 is 1.28 bits per heavy atom. The van der Waals surface area contributed by atoms with Gasteiger partial charge < -0.3 is 14.2 Å². The quantitative estimate of drug-likeness (QED) is 0.494. The minimum Gasteiger partial charge on any atom is -0.508 e. The highest BCUT2D eigenvalue weighted by atomic mass is 31.2. The number of hydrogen-bond donors (Lipinski definition) is 2. The maximum Gasteiger partial charge on any atom is 0.584 e. The molecule has 152 valence electrons. The summed E-state index contributed by atoms with van der Waals surface area (Å²) in [4.78, 5) is 10.2. The van der Waals surface area contributed by atoms with Crippen LogP contribution in [-0.2, 0) is 9.98 Å². The van der Waals surface area contributed by atoms with Crippen molar-refractivity contribution in [1.29, 1.82) is 0 Å². The zero-order valence-electron chi connectivity index (χ0n) is 16.9. The number of para-hydroxylation sites is 1. The fourth-order valence-corrected chi connectivity index (χ4v) is 4.13. The Kier molecular flexibility index (Phi) is 5.74. The van der Waals surface area contributed by atoms with Gasteiger partial charge in [0.2, 0.25) is 0 Å². The van der Waals surface area contributed by atoms with Crippen molar-refractivity contribution in [1.82, 2.24) is 0 Å². The molecule has 5 nitrogen and oxygen atoms in total. The molecule has 0 aliphatic rings. The van der Waals surface area contributed by atoms with E-state index in [1.54, 1.807) is 24.3 Å². The van der Waals surface area contributed by atoms with E-state index < -0.39 is 7.82 Å². The molecule has 1 unspecified atom stereocenters. The molecule has 0 bridgehead atoms. The zero-order valence-corrected chi connectivity index (χ0v) is 17.8. The summed E-state index contributed by atoms with van der Waals surface area (Å²) in [6.45, 7) is 7.75.